The van der Waals surface area contributed by atoms with Gasteiger partial charge in [-0.1, -0.05) is 127 Å². The van der Waals surface area contributed by atoms with Gasteiger partial charge in [0.1, 0.15) is 10.6 Å². The minimum Gasteiger partial charge on any atom is -0.303 e. The molecule has 1 atom stereocenters. The standard InChI is InChI=1S/C32H25N3S/c1-4-14-25(15-5-1)32(26-16-6-2-7-17-26,27-18-8-3-9-19-27)36-29-24-33-30-34-23-13-12-22-31(34)21-11-10-20-28(31)35(29)30/h1-20,22-24H,21H2. The lowest BCUT2D eigenvalue weighted by molar-refractivity contribution is 0.652. The van der Waals surface area contributed by atoms with Crippen LogP contribution in [0, 0.1) is 0 Å². The van der Waals surface area contributed by atoms with E-state index in [4.69, 9.17) is 4.98 Å². The van der Waals surface area contributed by atoms with Crippen LogP contribution in [0.2, 0.25) is 0 Å². The molecule has 36 heavy (non-hydrogen) atoms. The Kier molecular flexibility index (Phi) is 4.90. The fraction of sp³-hybridized carbons (Fsp3) is 0.0938. The van der Waals surface area contributed by atoms with Gasteiger partial charge in [-0.3, -0.25) is 4.57 Å². The van der Waals surface area contributed by atoms with Gasteiger partial charge in [-0.15, -0.1) is 0 Å². The van der Waals surface area contributed by atoms with E-state index in [1.165, 1.54) is 22.4 Å². The van der Waals surface area contributed by atoms with Gasteiger partial charge < -0.3 is 4.90 Å². The van der Waals surface area contributed by atoms with Crippen molar-refractivity contribution >= 4 is 23.4 Å². The van der Waals surface area contributed by atoms with Crippen LogP contribution in [0.25, 0.3) is 5.70 Å². The molecule has 0 amide bonds. The monoisotopic (exact) mass is 483 g/mol. The van der Waals surface area contributed by atoms with Gasteiger partial charge in [0.05, 0.1) is 16.6 Å². The van der Waals surface area contributed by atoms with E-state index < -0.39 is 4.75 Å². The third-order valence-corrected chi connectivity index (χ3v) is 8.89. The number of imidazole rings is 1. The molecule has 3 heterocycles. The molecular formula is C32H25N3S. The molecule has 0 saturated carbocycles. The van der Waals surface area contributed by atoms with Gasteiger partial charge in [0.25, 0.3) is 0 Å². The van der Waals surface area contributed by atoms with Gasteiger partial charge in [0.15, 0.2) is 0 Å². The molecule has 2 aliphatic heterocycles. The van der Waals surface area contributed by atoms with Crippen LogP contribution in [0.1, 0.15) is 23.1 Å². The van der Waals surface area contributed by atoms with Crippen molar-refractivity contribution in [3.05, 3.63) is 157 Å². The Morgan fingerprint density at radius 2 is 1.36 bits per heavy atom. The summed E-state index contributed by atoms with van der Waals surface area (Å²) < 4.78 is 1.91. The summed E-state index contributed by atoms with van der Waals surface area (Å²) in [5.74, 6) is 0.969. The third-order valence-electron chi connectivity index (χ3n) is 7.38. The van der Waals surface area contributed by atoms with Gasteiger partial charge in [-0.2, -0.15) is 0 Å². The molecule has 0 saturated heterocycles. The maximum atomic E-state index is 4.98. The highest BCUT2D eigenvalue weighted by molar-refractivity contribution is 8.00. The summed E-state index contributed by atoms with van der Waals surface area (Å²) in [4.78, 5) is 7.30. The quantitative estimate of drug-likeness (QED) is 0.218. The SMILES string of the molecule is C1=CCC23C=CC=CN2c2ncc(SC(c4ccccc4)(c4ccccc4)c4ccccc4)n2C3=C1. The highest BCUT2D eigenvalue weighted by Gasteiger charge is 2.49. The summed E-state index contributed by atoms with van der Waals surface area (Å²) in [5, 5.41) is 1.12. The fourth-order valence-electron chi connectivity index (χ4n) is 5.76. The number of hydrogen-bond acceptors (Lipinski definition) is 3. The van der Waals surface area contributed by atoms with Gasteiger partial charge in [0.2, 0.25) is 5.95 Å². The molecule has 3 aliphatic rings. The number of aromatic nitrogens is 2. The lowest BCUT2D eigenvalue weighted by atomic mass is 9.84. The van der Waals surface area contributed by atoms with Crippen molar-refractivity contribution in [2.24, 2.45) is 0 Å². The van der Waals surface area contributed by atoms with E-state index in [0.29, 0.717) is 0 Å². The molecule has 1 aliphatic carbocycles. The van der Waals surface area contributed by atoms with Gasteiger partial charge in [-0.05, 0) is 35.3 Å². The minimum atomic E-state index is -0.451. The Morgan fingerprint density at radius 1 is 0.750 bits per heavy atom. The van der Waals surface area contributed by atoms with Crippen LogP contribution in [0.5, 0.6) is 0 Å². The second kappa shape index (κ2) is 8.28. The van der Waals surface area contributed by atoms with Gasteiger partial charge in [-0.25, -0.2) is 4.98 Å². The van der Waals surface area contributed by atoms with Crippen molar-refractivity contribution < 1.29 is 0 Å². The average molecular weight is 484 g/mol. The molecule has 0 N–H and O–H groups in total. The largest absolute Gasteiger partial charge is 0.303 e. The first kappa shape index (κ1) is 21.3. The molecule has 4 heteroatoms. The van der Waals surface area contributed by atoms with E-state index in [2.05, 4.69) is 143 Å². The Hall–Kier alpha value is -4.02. The van der Waals surface area contributed by atoms with E-state index in [1.807, 2.05) is 18.0 Å². The predicted molar refractivity (Wildman–Crippen MR) is 149 cm³/mol. The van der Waals surface area contributed by atoms with Crippen LogP contribution in [-0.2, 0) is 4.75 Å². The molecule has 3 aromatic carbocycles. The van der Waals surface area contributed by atoms with Crippen molar-refractivity contribution in [2.45, 2.75) is 21.7 Å². The number of hydrogen-bond donors (Lipinski definition) is 0. The first-order valence-corrected chi connectivity index (χ1v) is 13.1. The highest BCUT2D eigenvalue weighted by atomic mass is 32.2. The Bertz CT molecular complexity index is 1430. The minimum absolute atomic E-state index is 0.211. The summed E-state index contributed by atoms with van der Waals surface area (Å²) in [6.45, 7) is 0. The lowest BCUT2D eigenvalue weighted by Crippen LogP contribution is -2.43. The zero-order valence-corrected chi connectivity index (χ0v) is 20.6. The Balaban J connectivity index is 1.47. The topological polar surface area (TPSA) is 21.1 Å². The van der Waals surface area contributed by atoms with Crippen LogP contribution in [0.3, 0.4) is 0 Å². The highest BCUT2D eigenvalue weighted by Crippen LogP contribution is 2.55. The molecule has 0 bridgehead atoms. The van der Waals surface area contributed by atoms with E-state index in [0.717, 1.165) is 17.4 Å². The molecule has 1 spiro atoms. The molecule has 4 aromatic rings. The first-order valence-electron chi connectivity index (χ1n) is 12.3. The van der Waals surface area contributed by atoms with E-state index in [1.54, 1.807) is 0 Å². The molecule has 3 nitrogen and oxygen atoms in total. The maximum absolute atomic E-state index is 4.98. The number of anilines is 1. The predicted octanol–water partition coefficient (Wildman–Crippen LogP) is 7.41. The maximum Gasteiger partial charge on any atom is 0.216 e. The molecule has 174 valence electrons. The normalized spacial score (nSPS) is 19.6. The third kappa shape index (κ3) is 2.98. The number of benzene rings is 3. The van der Waals surface area contributed by atoms with E-state index in [9.17, 15) is 0 Å². The van der Waals surface area contributed by atoms with Gasteiger partial charge in [0, 0.05) is 6.20 Å². The summed E-state index contributed by atoms with van der Waals surface area (Å²) in [7, 11) is 0. The molecular weight excluding hydrogens is 458 g/mol. The van der Waals surface area contributed by atoms with Crippen molar-refractivity contribution in [2.75, 3.05) is 4.90 Å². The van der Waals surface area contributed by atoms with Crippen LogP contribution in [-0.4, -0.2) is 15.1 Å². The van der Waals surface area contributed by atoms with Crippen LogP contribution >= 0.6 is 11.8 Å². The summed E-state index contributed by atoms with van der Waals surface area (Å²) in [5.41, 5.74) is 4.77. The number of fused-ring (bicyclic) bond motifs is 3. The summed E-state index contributed by atoms with van der Waals surface area (Å²) in [6, 6.07) is 32.5. The van der Waals surface area contributed by atoms with Crippen molar-refractivity contribution in [3.63, 3.8) is 0 Å². The van der Waals surface area contributed by atoms with Crippen molar-refractivity contribution in [1.29, 1.82) is 0 Å². The summed E-state index contributed by atoms with van der Waals surface area (Å²) in [6.07, 6.45) is 18.4. The van der Waals surface area contributed by atoms with E-state index in [-0.39, 0.29) is 5.54 Å². The molecule has 1 aromatic heterocycles. The molecule has 1 unspecified atom stereocenters. The first-order chi connectivity index (χ1) is 17.8. The Labute approximate surface area is 215 Å². The van der Waals surface area contributed by atoms with E-state index >= 15 is 0 Å². The lowest BCUT2D eigenvalue weighted by Gasteiger charge is -2.37. The number of thioether (sulfide) groups is 1. The summed E-state index contributed by atoms with van der Waals surface area (Å²) >= 11 is 1.87. The second-order valence-corrected chi connectivity index (χ2v) is 10.5. The average Bonchev–Trinajstić information content (AvgIpc) is 3.49. The van der Waals surface area contributed by atoms with Crippen LogP contribution in [0.15, 0.2) is 145 Å². The van der Waals surface area contributed by atoms with Crippen LogP contribution in [0.4, 0.5) is 5.95 Å². The van der Waals surface area contributed by atoms with Gasteiger partial charge >= 0.3 is 0 Å². The number of rotatable bonds is 5. The van der Waals surface area contributed by atoms with Crippen LogP contribution < -0.4 is 4.90 Å². The number of allylic oxidation sites excluding steroid dienone is 4. The second-order valence-electron chi connectivity index (χ2n) is 9.29. The molecule has 7 rings (SSSR count). The smallest absolute Gasteiger partial charge is 0.216 e. The molecule has 0 fully saturated rings. The molecule has 0 radical (unpaired) electrons. The zero-order chi connectivity index (χ0) is 24.0. The zero-order valence-electron chi connectivity index (χ0n) is 19.7. The van der Waals surface area contributed by atoms with Crippen molar-refractivity contribution in [1.82, 2.24) is 9.55 Å². The number of nitrogens with zero attached hydrogens (tertiary/aromatic N) is 3. The van der Waals surface area contributed by atoms with Crippen molar-refractivity contribution in [3.8, 4) is 0 Å². The Morgan fingerprint density at radius 3 is 1.97 bits per heavy atom. The fourth-order valence-corrected chi connectivity index (χ4v) is 7.21.